The van der Waals surface area contributed by atoms with Gasteiger partial charge in [-0.3, -0.25) is 5.41 Å². The predicted octanol–water partition coefficient (Wildman–Crippen LogP) is 3.80. The third kappa shape index (κ3) is 3.86. The monoisotopic (exact) mass is 239 g/mol. The molecule has 16 heavy (non-hydrogen) atoms. The van der Waals surface area contributed by atoms with Crippen LogP contribution in [0.2, 0.25) is 0 Å². The minimum atomic E-state index is 0.0416. The van der Waals surface area contributed by atoms with Crippen LogP contribution in [0.15, 0.2) is 30.3 Å². The van der Waals surface area contributed by atoms with Gasteiger partial charge in [-0.05, 0) is 25.3 Å². The van der Waals surface area contributed by atoms with Gasteiger partial charge in [0.05, 0.1) is 12.5 Å². The fourth-order valence-corrected chi connectivity index (χ4v) is 1.83. The number of hydrogen-bond acceptors (Lipinski definition) is 2. The molecule has 0 aliphatic heterocycles. The Labute approximate surface area is 102 Å². The Bertz CT molecular complexity index is 313. The zero-order valence-corrected chi connectivity index (χ0v) is 10.3. The molecule has 0 saturated heterocycles. The lowest BCUT2D eigenvalue weighted by Crippen LogP contribution is -2.15. The van der Waals surface area contributed by atoms with Gasteiger partial charge in [0.2, 0.25) is 0 Å². The molecular formula is C13H18ClNO. The molecule has 0 heterocycles. The lowest BCUT2D eigenvalue weighted by atomic mass is 9.94. The second kappa shape index (κ2) is 7.29. The Kier molecular flexibility index (Phi) is 5.94. The number of alkyl halides is 1. The maximum Gasteiger partial charge on any atom is 0.188 e. The zero-order valence-electron chi connectivity index (χ0n) is 9.58. The summed E-state index contributed by atoms with van der Waals surface area (Å²) in [7, 11) is 0. The SMILES string of the molecule is CCOC(=N)C(CCCCl)c1ccccc1. The van der Waals surface area contributed by atoms with E-state index in [1.807, 2.05) is 37.3 Å². The summed E-state index contributed by atoms with van der Waals surface area (Å²) < 4.78 is 5.30. The fourth-order valence-electron chi connectivity index (χ4n) is 1.67. The Morgan fingerprint density at radius 3 is 2.62 bits per heavy atom. The van der Waals surface area contributed by atoms with Crippen LogP contribution in [0.4, 0.5) is 0 Å². The lowest BCUT2D eigenvalue weighted by Gasteiger charge is -2.17. The van der Waals surface area contributed by atoms with Crippen molar-refractivity contribution in [1.29, 1.82) is 5.41 Å². The molecule has 0 aromatic heterocycles. The molecule has 1 atom stereocenters. The first kappa shape index (κ1) is 13.0. The van der Waals surface area contributed by atoms with Crippen molar-refractivity contribution in [3.05, 3.63) is 35.9 Å². The minimum absolute atomic E-state index is 0.0416. The van der Waals surface area contributed by atoms with Gasteiger partial charge in [0, 0.05) is 5.88 Å². The van der Waals surface area contributed by atoms with Gasteiger partial charge < -0.3 is 4.74 Å². The Morgan fingerprint density at radius 1 is 1.38 bits per heavy atom. The third-order valence-corrected chi connectivity index (χ3v) is 2.71. The third-order valence-electron chi connectivity index (χ3n) is 2.44. The number of nitrogens with one attached hydrogen (secondary N) is 1. The van der Waals surface area contributed by atoms with E-state index < -0.39 is 0 Å². The van der Waals surface area contributed by atoms with Gasteiger partial charge in [-0.15, -0.1) is 11.6 Å². The molecule has 1 aromatic carbocycles. The molecule has 3 heteroatoms. The highest BCUT2D eigenvalue weighted by Gasteiger charge is 2.17. The number of benzene rings is 1. The lowest BCUT2D eigenvalue weighted by molar-refractivity contribution is 0.305. The van der Waals surface area contributed by atoms with Crippen molar-refractivity contribution in [3.63, 3.8) is 0 Å². The standard InChI is InChI=1S/C13H18ClNO/c1-2-16-13(15)12(9-6-10-14)11-7-4-3-5-8-11/h3-5,7-8,12,15H,2,6,9-10H2,1H3. The summed E-state index contributed by atoms with van der Waals surface area (Å²) in [6.07, 6.45) is 1.77. The molecule has 1 rings (SSSR count). The smallest absolute Gasteiger partial charge is 0.188 e. The van der Waals surface area contributed by atoms with E-state index in [1.165, 1.54) is 0 Å². The molecule has 0 saturated carbocycles. The normalized spacial score (nSPS) is 12.1. The highest BCUT2D eigenvalue weighted by atomic mass is 35.5. The molecule has 0 aliphatic carbocycles. The van der Waals surface area contributed by atoms with Crippen LogP contribution in [0.3, 0.4) is 0 Å². The van der Waals surface area contributed by atoms with E-state index in [1.54, 1.807) is 0 Å². The maximum atomic E-state index is 7.90. The predicted molar refractivity (Wildman–Crippen MR) is 68.5 cm³/mol. The minimum Gasteiger partial charge on any atom is -0.481 e. The van der Waals surface area contributed by atoms with Gasteiger partial charge in [-0.1, -0.05) is 30.3 Å². The molecule has 0 spiro atoms. The molecule has 1 unspecified atom stereocenters. The van der Waals surface area contributed by atoms with Crippen molar-refractivity contribution >= 4 is 17.5 Å². The van der Waals surface area contributed by atoms with E-state index in [4.69, 9.17) is 21.7 Å². The number of halogens is 1. The molecular weight excluding hydrogens is 222 g/mol. The van der Waals surface area contributed by atoms with Crippen molar-refractivity contribution in [3.8, 4) is 0 Å². The topological polar surface area (TPSA) is 33.1 Å². The average molecular weight is 240 g/mol. The van der Waals surface area contributed by atoms with Crippen molar-refractivity contribution in [2.24, 2.45) is 0 Å². The number of hydrogen-bond donors (Lipinski definition) is 1. The van der Waals surface area contributed by atoms with Crippen molar-refractivity contribution in [1.82, 2.24) is 0 Å². The highest BCUT2D eigenvalue weighted by Crippen LogP contribution is 2.23. The van der Waals surface area contributed by atoms with Crippen molar-refractivity contribution < 1.29 is 4.74 Å². The van der Waals surface area contributed by atoms with E-state index in [0.717, 1.165) is 18.4 Å². The molecule has 1 N–H and O–H groups in total. The summed E-state index contributed by atoms with van der Waals surface area (Å²) in [6.45, 7) is 2.45. The Hall–Kier alpha value is -1.02. The van der Waals surface area contributed by atoms with E-state index in [-0.39, 0.29) is 5.92 Å². The van der Waals surface area contributed by atoms with Crippen molar-refractivity contribution in [2.45, 2.75) is 25.7 Å². The molecule has 2 nitrogen and oxygen atoms in total. The average Bonchev–Trinajstić information content (AvgIpc) is 2.31. The summed E-state index contributed by atoms with van der Waals surface area (Å²) in [5.74, 6) is 1.02. The van der Waals surface area contributed by atoms with Gasteiger partial charge >= 0.3 is 0 Å². The van der Waals surface area contributed by atoms with Crippen LogP contribution in [0.5, 0.6) is 0 Å². The van der Waals surface area contributed by atoms with Crippen LogP contribution >= 0.6 is 11.6 Å². The quantitative estimate of drug-likeness (QED) is 0.457. The zero-order chi connectivity index (χ0) is 11.8. The highest BCUT2D eigenvalue weighted by molar-refractivity contribution is 6.17. The van der Waals surface area contributed by atoms with Crippen LogP contribution in [0.25, 0.3) is 0 Å². The Morgan fingerprint density at radius 2 is 2.06 bits per heavy atom. The second-order valence-corrected chi connectivity index (χ2v) is 3.97. The summed E-state index contributed by atoms with van der Waals surface area (Å²) in [5, 5.41) is 7.90. The van der Waals surface area contributed by atoms with Crippen LogP contribution in [-0.2, 0) is 4.74 Å². The molecule has 0 bridgehead atoms. The van der Waals surface area contributed by atoms with Gasteiger partial charge in [-0.25, -0.2) is 0 Å². The number of rotatable bonds is 6. The summed E-state index contributed by atoms with van der Waals surface area (Å²) in [4.78, 5) is 0. The first-order chi connectivity index (χ1) is 7.79. The van der Waals surface area contributed by atoms with E-state index in [9.17, 15) is 0 Å². The van der Waals surface area contributed by atoms with Gasteiger partial charge in [0.1, 0.15) is 0 Å². The summed E-state index contributed by atoms with van der Waals surface area (Å²) in [6, 6.07) is 10.0. The largest absolute Gasteiger partial charge is 0.481 e. The second-order valence-electron chi connectivity index (χ2n) is 3.59. The van der Waals surface area contributed by atoms with Crippen molar-refractivity contribution in [2.75, 3.05) is 12.5 Å². The van der Waals surface area contributed by atoms with Gasteiger partial charge in [0.25, 0.3) is 0 Å². The molecule has 0 aliphatic rings. The molecule has 1 aromatic rings. The summed E-state index contributed by atoms with van der Waals surface area (Å²) >= 11 is 5.70. The fraction of sp³-hybridized carbons (Fsp3) is 0.462. The maximum absolute atomic E-state index is 7.90. The molecule has 0 fully saturated rings. The van der Waals surface area contributed by atoms with E-state index >= 15 is 0 Å². The first-order valence-corrected chi connectivity index (χ1v) is 6.15. The van der Waals surface area contributed by atoms with Gasteiger partial charge in [-0.2, -0.15) is 0 Å². The Balaban J connectivity index is 2.74. The molecule has 0 amide bonds. The van der Waals surface area contributed by atoms with E-state index in [2.05, 4.69) is 0 Å². The van der Waals surface area contributed by atoms with Crippen LogP contribution in [0, 0.1) is 5.41 Å². The summed E-state index contributed by atoms with van der Waals surface area (Å²) in [5.41, 5.74) is 1.13. The number of ether oxygens (including phenoxy) is 1. The van der Waals surface area contributed by atoms with Crippen LogP contribution < -0.4 is 0 Å². The first-order valence-electron chi connectivity index (χ1n) is 5.61. The van der Waals surface area contributed by atoms with Gasteiger partial charge in [0.15, 0.2) is 5.90 Å². The molecule has 0 radical (unpaired) electrons. The van der Waals surface area contributed by atoms with Crippen LogP contribution in [-0.4, -0.2) is 18.4 Å². The molecule has 88 valence electrons. The van der Waals surface area contributed by atoms with Crippen LogP contribution in [0.1, 0.15) is 31.2 Å². The van der Waals surface area contributed by atoms with E-state index in [0.29, 0.717) is 18.4 Å².